The fourth-order valence-corrected chi connectivity index (χ4v) is 13.2. The van der Waals surface area contributed by atoms with Crippen LogP contribution in [0.3, 0.4) is 0 Å². The Morgan fingerprint density at radius 2 is 1.35 bits per heavy atom. The van der Waals surface area contributed by atoms with E-state index >= 15 is 17.6 Å². The molecular formula is C26H28F4NP3. The largest absolute Gasteiger partial charge is 0.251 e. The van der Waals surface area contributed by atoms with E-state index in [0.29, 0.717) is 6.54 Å². The van der Waals surface area contributed by atoms with Gasteiger partial charge in [-0.05, 0) is 57.2 Å². The minimum atomic E-state index is -2.12. The Kier molecular flexibility index (Phi) is 8.76. The third-order valence-corrected chi connectivity index (χ3v) is 13.7. The van der Waals surface area contributed by atoms with Crippen LogP contribution in [-0.4, -0.2) is 16.4 Å². The van der Waals surface area contributed by atoms with Gasteiger partial charge >= 0.3 is 0 Å². The quantitative estimate of drug-likeness (QED) is 0.215. The second-order valence-electron chi connectivity index (χ2n) is 8.35. The summed E-state index contributed by atoms with van der Waals surface area (Å²) in [5.74, 6) is -3.05. The Morgan fingerprint density at radius 1 is 0.824 bits per heavy atom. The van der Waals surface area contributed by atoms with E-state index in [4.69, 9.17) is 0 Å². The lowest BCUT2D eigenvalue weighted by Crippen LogP contribution is -2.33. The van der Waals surface area contributed by atoms with Crippen molar-refractivity contribution in [1.29, 1.82) is 0 Å². The summed E-state index contributed by atoms with van der Waals surface area (Å²) in [7, 11) is -0.203. The number of benzene rings is 3. The smallest absolute Gasteiger partial charge is 0.135 e. The van der Waals surface area contributed by atoms with Crippen molar-refractivity contribution in [3.05, 3.63) is 95.6 Å². The lowest BCUT2D eigenvalue weighted by Gasteiger charge is -2.41. The highest BCUT2D eigenvalue weighted by atomic mass is 31.2. The monoisotopic (exact) mass is 523 g/mol. The van der Waals surface area contributed by atoms with Gasteiger partial charge in [0.25, 0.3) is 0 Å². The van der Waals surface area contributed by atoms with Crippen LogP contribution in [0.5, 0.6) is 0 Å². The van der Waals surface area contributed by atoms with Crippen molar-refractivity contribution in [2.24, 2.45) is 0 Å². The Bertz CT molecular complexity index is 1020. The Hall–Kier alpha value is -1.37. The molecule has 1 fully saturated rings. The topological polar surface area (TPSA) is 3.24 Å². The first-order valence-corrected chi connectivity index (χ1v) is 14.9. The van der Waals surface area contributed by atoms with Crippen LogP contribution in [0.1, 0.15) is 43.8 Å². The summed E-state index contributed by atoms with van der Waals surface area (Å²) in [6, 6.07) is 17.4. The summed E-state index contributed by atoms with van der Waals surface area (Å²) in [6.45, 7) is 2.56. The van der Waals surface area contributed by atoms with E-state index in [-0.39, 0.29) is 21.7 Å². The van der Waals surface area contributed by atoms with Crippen LogP contribution in [-0.2, 0) is 0 Å². The highest BCUT2D eigenvalue weighted by molar-refractivity contribution is 7.81. The Morgan fingerprint density at radius 3 is 1.85 bits per heavy atom. The third kappa shape index (κ3) is 5.24. The van der Waals surface area contributed by atoms with Crippen molar-refractivity contribution >= 4 is 36.0 Å². The first kappa shape index (κ1) is 25.7. The first-order chi connectivity index (χ1) is 16.4. The highest BCUT2D eigenvalue weighted by Gasteiger charge is 2.44. The van der Waals surface area contributed by atoms with E-state index < -0.39 is 39.4 Å². The van der Waals surface area contributed by atoms with Gasteiger partial charge in [-0.3, -0.25) is 4.44 Å². The van der Waals surface area contributed by atoms with Crippen molar-refractivity contribution in [3.8, 4) is 0 Å². The standard InChI is InChI=1S/C26H28F4NP3/c1-2-3-17-31(33-23(15-16-24(33)32)18-9-5-4-6-10-18)34(25-19(27)11-7-12-20(25)28)26-21(29)13-8-14-22(26)30/h4-14,23-24H,2-3,15-17,32H2,1H3/t23-,24-,33?/m1/s1. The zero-order valence-electron chi connectivity index (χ0n) is 19.0. The zero-order chi connectivity index (χ0) is 24.2. The molecule has 0 aliphatic carbocycles. The van der Waals surface area contributed by atoms with Gasteiger partial charge < -0.3 is 0 Å². The Labute approximate surface area is 203 Å². The van der Waals surface area contributed by atoms with Crippen LogP contribution in [0.4, 0.5) is 17.6 Å². The number of hydrogen-bond acceptors (Lipinski definition) is 1. The van der Waals surface area contributed by atoms with Crippen LogP contribution >= 0.6 is 25.4 Å². The molecule has 0 N–H and O–H groups in total. The Balaban J connectivity index is 1.93. The van der Waals surface area contributed by atoms with Gasteiger partial charge in [-0.2, -0.15) is 0 Å². The van der Waals surface area contributed by atoms with Gasteiger partial charge in [0.15, 0.2) is 0 Å². The highest BCUT2D eigenvalue weighted by Crippen LogP contribution is 2.72. The van der Waals surface area contributed by atoms with E-state index in [0.717, 1.165) is 31.2 Å². The van der Waals surface area contributed by atoms with Crippen molar-refractivity contribution in [1.82, 2.24) is 4.44 Å². The fraction of sp³-hybridized carbons (Fsp3) is 0.308. The van der Waals surface area contributed by atoms with Crippen molar-refractivity contribution in [3.63, 3.8) is 0 Å². The van der Waals surface area contributed by atoms with E-state index in [9.17, 15) is 0 Å². The van der Waals surface area contributed by atoms with Crippen LogP contribution < -0.4 is 10.6 Å². The molecule has 0 aromatic heterocycles. The molecule has 1 heterocycles. The number of unbranched alkanes of at least 4 members (excludes halogenated alkanes) is 1. The average molecular weight is 523 g/mol. The molecule has 8 heteroatoms. The molecule has 0 bridgehead atoms. The molecule has 4 atom stereocenters. The number of hydrogen-bond donors (Lipinski definition) is 0. The first-order valence-electron chi connectivity index (χ1n) is 11.5. The van der Waals surface area contributed by atoms with Crippen LogP contribution in [0.2, 0.25) is 0 Å². The molecular weight excluding hydrogens is 495 g/mol. The molecule has 4 rings (SSSR count). The summed E-state index contributed by atoms with van der Waals surface area (Å²) in [6.07, 6.45) is 3.49. The van der Waals surface area contributed by atoms with Gasteiger partial charge in [0.1, 0.15) is 23.3 Å². The molecule has 0 radical (unpaired) electrons. The molecule has 34 heavy (non-hydrogen) atoms. The maximum atomic E-state index is 15.2. The van der Waals surface area contributed by atoms with Crippen LogP contribution in [0.15, 0.2) is 66.7 Å². The molecule has 180 valence electrons. The SMILES string of the molecule is CCCCN(P(c1c(F)cccc1F)c1c(F)cccc1F)P1[C@@H](c2ccccc2)CC[C@@H]1P. The molecule has 1 aliphatic rings. The van der Waals surface area contributed by atoms with Crippen molar-refractivity contribution < 1.29 is 17.6 Å². The van der Waals surface area contributed by atoms with Crippen molar-refractivity contribution in [2.75, 3.05) is 6.54 Å². The van der Waals surface area contributed by atoms with Gasteiger partial charge in [0.05, 0.1) is 10.6 Å². The number of nitrogens with zero attached hydrogens (tertiary/aromatic N) is 1. The summed E-state index contributed by atoms with van der Waals surface area (Å²) in [5.41, 5.74) is 1.32. The summed E-state index contributed by atoms with van der Waals surface area (Å²) in [4.78, 5) is 0. The van der Waals surface area contributed by atoms with E-state index in [1.165, 1.54) is 36.4 Å². The molecule has 0 saturated carbocycles. The normalized spacial score (nSPS) is 20.4. The van der Waals surface area contributed by atoms with Crippen LogP contribution in [0.25, 0.3) is 0 Å². The number of halogens is 4. The van der Waals surface area contributed by atoms with Crippen LogP contribution in [0, 0.1) is 23.3 Å². The minimum absolute atomic E-state index is 0.158. The molecule has 2 unspecified atom stereocenters. The fourth-order valence-electron chi connectivity index (χ4n) is 4.49. The summed E-state index contributed by atoms with van der Waals surface area (Å²) in [5, 5.41) is -0.265. The third-order valence-electron chi connectivity index (χ3n) is 6.09. The predicted octanol–water partition coefficient (Wildman–Crippen LogP) is 7.83. The van der Waals surface area contributed by atoms with Gasteiger partial charge in [-0.25, -0.2) is 17.6 Å². The molecule has 0 spiro atoms. The molecule has 3 aromatic rings. The van der Waals surface area contributed by atoms with E-state index in [2.05, 4.69) is 25.8 Å². The van der Waals surface area contributed by atoms with Gasteiger partial charge in [-0.1, -0.05) is 55.8 Å². The van der Waals surface area contributed by atoms with Gasteiger partial charge in [0, 0.05) is 25.7 Å². The van der Waals surface area contributed by atoms with E-state index in [1.54, 1.807) is 0 Å². The molecule has 1 aliphatic heterocycles. The minimum Gasteiger partial charge on any atom is -0.251 e. The van der Waals surface area contributed by atoms with Gasteiger partial charge in [-0.15, -0.1) is 9.24 Å². The molecule has 1 saturated heterocycles. The average Bonchev–Trinajstić information content (AvgIpc) is 3.20. The van der Waals surface area contributed by atoms with E-state index in [1.807, 2.05) is 25.1 Å². The second kappa shape index (κ2) is 11.6. The second-order valence-corrected chi connectivity index (χ2v) is 14.6. The molecule has 1 nitrogen and oxygen atoms in total. The molecule has 3 aromatic carbocycles. The number of rotatable bonds is 8. The maximum Gasteiger partial charge on any atom is 0.135 e. The maximum absolute atomic E-state index is 15.2. The summed E-state index contributed by atoms with van der Waals surface area (Å²) >= 11 is 0. The lowest BCUT2D eigenvalue weighted by atomic mass is 10.1. The van der Waals surface area contributed by atoms with Gasteiger partial charge in [0.2, 0.25) is 0 Å². The summed E-state index contributed by atoms with van der Waals surface area (Å²) < 4.78 is 63.1. The predicted molar refractivity (Wildman–Crippen MR) is 139 cm³/mol. The zero-order valence-corrected chi connectivity index (χ0v) is 21.9. The lowest BCUT2D eigenvalue weighted by molar-refractivity contribution is 0.585. The molecule has 0 amide bonds. The van der Waals surface area contributed by atoms with Crippen molar-refractivity contribution in [2.45, 2.75) is 43.7 Å².